The van der Waals surface area contributed by atoms with Crippen molar-refractivity contribution in [1.29, 1.82) is 0 Å². The van der Waals surface area contributed by atoms with Crippen LogP contribution in [-0.2, 0) is 6.54 Å². The lowest BCUT2D eigenvalue weighted by molar-refractivity contribution is 0.0950. The molecule has 1 aliphatic carbocycles. The highest BCUT2D eigenvalue weighted by Gasteiger charge is 2.17. The fraction of sp³-hybridized carbons (Fsp3) is 0.524. The molecule has 26 heavy (non-hydrogen) atoms. The van der Waals surface area contributed by atoms with E-state index < -0.39 is 0 Å². The minimum Gasteiger partial charge on any atom is -0.352 e. The first-order valence-electron chi connectivity index (χ1n) is 9.77. The van der Waals surface area contributed by atoms with Crippen LogP contribution in [0.15, 0.2) is 42.7 Å². The lowest BCUT2D eigenvalue weighted by atomic mass is 9.94. The molecule has 0 radical (unpaired) electrons. The van der Waals surface area contributed by atoms with E-state index in [4.69, 9.17) is 0 Å². The quantitative estimate of drug-likeness (QED) is 0.740. The van der Waals surface area contributed by atoms with Crippen LogP contribution in [-0.4, -0.2) is 46.8 Å². The Balaban J connectivity index is 1.37. The summed E-state index contributed by atoms with van der Waals surface area (Å²) < 4.78 is 1.87. The molecule has 1 fully saturated rings. The lowest BCUT2D eigenvalue weighted by Gasteiger charge is -2.31. The van der Waals surface area contributed by atoms with Crippen molar-refractivity contribution in [1.82, 2.24) is 20.0 Å². The first-order valence-corrected chi connectivity index (χ1v) is 9.77. The number of rotatable bonds is 8. The molecular formula is C21H30N4O. The van der Waals surface area contributed by atoms with Crippen LogP contribution in [0.5, 0.6) is 0 Å². The molecule has 1 N–H and O–H groups in total. The molecule has 5 nitrogen and oxygen atoms in total. The highest BCUT2D eigenvalue weighted by Crippen LogP contribution is 2.21. The van der Waals surface area contributed by atoms with Crippen molar-refractivity contribution in [2.24, 2.45) is 0 Å². The molecule has 140 valence electrons. The van der Waals surface area contributed by atoms with E-state index in [1.54, 1.807) is 6.20 Å². The largest absolute Gasteiger partial charge is 0.352 e. The van der Waals surface area contributed by atoms with Crippen LogP contribution in [0.1, 0.15) is 54.4 Å². The van der Waals surface area contributed by atoms with Gasteiger partial charge >= 0.3 is 0 Å². The third-order valence-electron chi connectivity index (χ3n) is 5.29. The van der Waals surface area contributed by atoms with E-state index in [1.807, 2.05) is 41.2 Å². The summed E-state index contributed by atoms with van der Waals surface area (Å²) >= 11 is 0. The minimum atomic E-state index is 0.0101. The average Bonchev–Trinajstić information content (AvgIpc) is 3.19. The third kappa shape index (κ3) is 5.43. The summed E-state index contributed by atoms with van der Waals surface area (Å²) in [7, 11) is 2.22. The molecule has 1 amide bonds. The maximum absolute atomic E-state index is 12.3. The number of benzene rings is 1. The lowest BCUT2D eigenvalue weighted by Crippen LogP contribution is -2.35. The van der Waals surface area contributed by atoms with Crippen LogP contribution in [0, 0.1) is 0 Å². The van der Waals surface area contributed by atoms with Crippen LogP contribution in [0.4, 0.5) is 0 Å². The number of hydrogen-bond acceptors (Lipinski definition) is 3. The Labute approximate surface area is 156 Å². The van der Waals surface area contributed by atoms with Gasteiger partial charge in [-0.2, -0.15) is 5.10 Å². The van der Waals surface area contributed by atoms with Gasteiger partial charge in [0.15, 0.2) is 0 Å². The third-order valence-corrected chi connectivity index (χ3v) is 5.29. The van der Waals surface area contributed by atoms with Crippen LogP contribution in [0.25, 0.3) is 0 Å². The van der Waals surface area contributed by atoms with Crippen LogP contribution in [0.3, 0.4) is 0 Å². The number of aromatic nitrogens is 2. The number of hydrogen-bond donors (Lipinski definition) is 1. The number of nitrogens with zero attached hydrogens (tertiary/aromatic N) is 3. The standard InChI is InChI=1S/C21H30N4O/c1-24(20-7-3-2-4-8-20)15-5-13-22-21(26)19-11-9-18(10-12-19)17-25-16-6-14-23-25/h6,9-12,14,16,20H,2-5,7-8,13,15,17H2,1H3,(H,22,26). The molecule has 0 aliphatic heterocycles. The molecule has 0 atom stereocenters. The summed E-state index contributed by atoms with van der Waals surface area (Å²) in [4.78, 5) is 14.7. The molecule has 0 unspecified atom stereocenters. The molecule has 1 aromatic heterocycles. The Bertz CT molecular complexity index is 660. The maximum atomic E-state index is 12.3. The van der Waals surface area contributed by atoms with E-state index in [0.717, 1.165) is 43.2 Å². The van der Waals surface area contributed by atoms with E-state index in [0.29, 0.717) is 0 Å². The summed E-state index contributed by atoms with van der Waals surface area (Å²) in [6, 6.07) is 10.4. The molecule has 5 heteroatoms. The fourth-order valence-electron chi connectivity index (χ4n) is 3.68. The normalized spacial score (nSPS) is 15.3. The molecule has 1 saturated carbocycles. The monoisotopic (exact) mass is 354 g/mol. The number of carbonyl (C=O) groups is 1. The highest BCUT2D eigenvalue weighted by atomic mass is 16.1. The van der Waals surface area contributed by atoms with Gasteiger partial charge in [-0.3, -0.25) is 9.48 Å². The second-order valence-electron chi connectivity index (χ2n) is 7.28. The van der Waals surface area contributed by atoms with Gasteiger partial charge in [0.1, 0.15) is 0 Å². The first-order chi connectivity index (χ1) is 12.7. The van der Waals surface area contributed by atoms with E-state index in [2.05, 4.69) is 22.4 Å². The Morgan fingerprint density at radius 2 is 2.00 bits per heavy atom. The smallest absolute Gasteiger partial charge is 0.251 e. The molecule has 0 saturated heterocycles. The average molecular weight is 354 g/mol. The molecule has 1 heterocycles. The van der Waals surface area contributed by atoms with Gasteiger partial charge in [0.25, 0.3) is 5.91 Å². The molecule has 3 rings (SSSR count). The van der Waals surface area contributed by atoms with Crippen LogP contribution < -0.4 is 5.32 Å². The van der Waals surface area contributed by atoms with Gasteiger partial charge in [0, 0.05) is 30.5 Å². The van der Waals surface area contributed by atoms with Gasteiger partial charge in [-0.25, -0.2) is 0 Å². The summed E-state index contributed by atoms with van der Waals surface area (Å²) in [6.07, 6.45) is 11.5. The number of nitrogens with one attached hydrogen (secondary N) is 1. The molecular weight excluding hydrogens is 324 g/mol. The van der Waals surface area contributed by atoms with Crippen molar-refractivity contribution in [3.05, 3.63) is 53.9 Å². The van der Waals surface area contributed by atoms with Gasteiger partial charge in [-0.15, -0.1) is 0 Å². The van der Waals surface area contributed by atoms with Gasteiger partial charge in [-0.1, -0.05) is 31.4 Å². The van der Waals surface area contributed by atoms with Gasteiger partial charge in [0.05, 0.1) is 6.54 Å². The zero-order chi connectivity index (χ0) is 18.2. The Hall–Kier alpha value is -2.14. The summed E-state index contributed by atoms with van der Waals surface area (Å²) in [6.45, 7) is 2.50. The maximum Gasteiger partial charge on any atom is 0.251 e. The van der Waals surface area contributed by atoms with Crippen molar-refractivity contribution in [2.75, 3.05) is 20.1 Å². The zero-order valence-electron chi connectivity index (χ0n) is 15.7. The fourth-order valence-corrected chi connectivity index (χ4v) is 3.68. The Morgan fingerprint density at radius 1 is 1.23 bits per heavy atom. The van der Waals surface area contributed by atoms with Crippen molar-refractivity contribution >= 4 is 5.91 Å². The Kier molecular flexibility index (Phi) is 6.83. The van der Waals surface area contributed by atoms with Crippen molar-refractivity contribution in [3.63, 3.8) is 0 Å². The molecule has 0 bridgehead atoms. The predicted octanol–water partition coefficient (Wildman–Crippen LogP) is 3.32. The Morgan fingerprint density at radius 3 is 2.69 bits per heavy atom. The van der Waals surface area contributed by atoms with Gasteiger partial charge < -0.3 is 10.2 Å². The number of amides is 1. The van der Waals surface area contributed by atoms with Gasteiger partial charge in [-0.05, 0) is 56.6 Å². The summed E-state index contributed by atoms with van der Waals surface area (Å²) in [5.41, 5.74) is 1.86. The van der Waals surface area contributed by atoms with E-state index in [9.17, 15) is 4.79 Å². The van der Waals surface area contributed by atoms with E-state index >= 15 is 0 Å². The second kappa shape index (κ2) is 9.53. The van der Waals surface area contributed by atoms with Crippen LogP contribution in [0.2, 0.25) is 0 Å². The van der Waals surface area contributed by atoms with Gasteiger partial charge in [0.2, 0.25) is 0 Å². The van der Waals surface area contributed by atoms with E-state index in [1.165, 1.54) is 32.1 Å². The topological polar surface area (TPSA) is 50.2 Å². The summed E-state index contributed by atoms with van der Waals surface area (Å²) in [5.74, 6) is 0.0101. The SMILES string of the molecule is CN(CCCNC(=O)c1ccc(Cn2cccn2)cc1)C1CCCCC1. The van der Waals surface area contributed by atoms with Crippen molar-refractivity contribution in [3.8, 4) is 0 Å². The van der Waals surface area contributed by atoms with E-state index in [-0.39, 0.29) is 5.91 Å². The van der Waals surface area contributed by atoms with Crippen molar-refractivity contribution in [2.45, 2.75) is 51.1 Å². The molecule has 1 aromatic carbocycles. The summed E-state index contributed by atoms with van der Waals surface area (Å²) in [5, 5.41) is 7.24. The van der Waals surface area contributed by atoms with Crippen LogP contribution >= 0.6 is 0 Å². The molecule has 2 aromatic rings. The predicted molar refractivity (Wildman–Crippen MR) is 104 cm³/mol. The number of carbonyl (C=O) groups excluding carboxylic acids is 1. The molecule has 0 spiro atoms. The minimum absolute atomic E-state index is 0.0101. The highest BCUT2D eigenvalue weighted by molar-refractivity contribution is 5.94. The zero-order valence-corrected chi connectivity index (χ0v) is 15.7. The first kappa shape index (κ1) is 18.6. The molecule has 1 aliphatic rings. The second-order valence-corrected chi connectivity index (χ2v) is 7.28. The van der Waals surface area contributed by atoms with Crippen molar-refractivity contribution < 1.29 is 4.79 Å².